The maximum absolute atomic E-state index is 8.07. The van der Waals surface area contributed by atoms with Crippen LogP contribution >= 0.6 is 0 Å². The summed E-state index contributed by atoms with van der Waals surface area (Å²) in [6.45, 7) is 0. The molecule has 0 bridgehead atoms. The van der Waals surface area contributed by atoms with Gasteiger partial charge in [-0.1, -0.05) is 0 Å². The standard InChI is InChI=1S/C5H9N3O/c1-8(2)5(9-3)7-4-6/h1-3H3. The van der Waals surface area contributed by atoms with E-state index in [1.54, 1.807) is 25.2 Å². The maximum Gasteiger partial charge on any atom is 0.301 e. The molecule has 0 rings (SSSR count). The van der Waals surface area contributed by atoms with Gasteiger partial charge in [0.05, 0.1) is 7.11 Å². The molecule has 0 aliphatic carbocycles. The molecule has 4 nitrogen and oxygen atoms in total. The van der Waals surface area contributed by atoms with Crippen LogP contribution in [0.5, 0.6) is 0 Å². The third-order valence-corrected chi connectivity index (χ3v) is 0.711. The van der Waals surface area contributed by atoms with Gasteiger partial charge in [-0.25, -0.2) is 0 Å². The van der Waals surface area contributed by atoms with E-state index >= 15 is 0 Å². The fraction of sp³-hybridized carbons (Fsp3) is 0.600. The van der Waals surface area contributed by atoms with Crippen LogP contribution in [0.1, 0.15) is 0 Å². The van der Waals surface area contributed by atoms with Crippen molar-refractivity contribution < 1.29 is 4.74 Å². The van der Waals surface area contributed by atoms with Gasteiger partial charge in [0.1, 0.15) is 0 Å². The Morgan fingerprint density at radius 1 is 1.67 bits per heavy atom. The first-order valence-electron chi connectivity index (χ1n) is 2.40. The van der Waals surface area contributed by atoms with Crippen LogP contribution < -0.4 is 0 Å². The van der Waals surface area contributed by atoms with Gasteiger partial charge in [-0.05, 0) is 0 Å². The van der Waals surface area contributed by atoms with Crippen LogP contribution in [0.4, 0.5) is 0 Å². The Hall–Kier alpha value is -1.24. The van der Waals surface area contributed by atoms with E-state index < -0.39 is 0 Å². The molecule has 0 saturated heterocycles. The summed E-state index contributed by atoms with van der Waals surface area (Å²) >= 11 is 0. The SMILES string of the molecule is COC(=NC#N)N(C)C. The molecule has 0 unspecified atom stereocenters. The van der Waals surface area contributed by atoms with Gasteiger partial charge < -0.3 is 9.64 Å². The molecule has 0 atom stereocenters. The minimum Gasteiger partial charge on any atom is -0.468 e. The molecule has 0 N–H and O–H groups in total. The minimum absolute atomic E-state index is 0.317. The average molecular weight is 127 g/mol. The van der Waals surface area contributed by atoms with Crippen molar-refractivity contribution in [2.24, 2.45) is 4.99 Å². The number of hydrogen-bond donors (Lipinski definition) is 0. The molecule has 0 saturated carbocycles. The Kier molecular flexibility index (Phi) is 3.21. The number of nitriles is 1. The van der Waals surface area contributed by atoms with Crippen molar-refractivity contribution >= 4 is 6.02 Å². The largest absolute Gasteiger partial charge is 0.468 e. The minimum atomic E-state index is 0.317. The lowest BCUT2D eigenvalue weighted by Gasteiger charge is -2.10. The van der Waals surface area contributed by atoms with E-state index in [-0.39, 0.29) is 0 Å². The van der Waals surface area contributed by atoms with Crippen LogP contribution in [-0.4, -0.2) is 32.1 Å². The second-order valence-electron chi connectivity index (χ2n) is 1.59. The van der Waals surface area contributed by atoms with Crippen molar-refractivity contribution in [2.45, 2.75) is 0 Å². The molecule has 0 heterocycles. The van der Waals surface area contributed by atoms with E-state index in [4.69, 9.17) is 10.00 Å². The topological polar surface area (TPSA) is 48.6 Å². The molecule has 0 spiro atoms. The van der Waals surface area contributed by atoms with Crippen LogP contribution in [0.15, 0.2) is 4.99 Å². The van der Waals surface area contributed by atoms with Gasteiger partial charge in [-0.15, -0.1) is 4.99 Å². The third kappa shape index (κ3) is 2.54. The lowest BCUT2D eigenvalue weighted by molar-refractivity contribution is 0.332. The number of methoxy groups -OCH3 is 1. The van der Waals surface area contributed by atoms with Crippen LogP contribution in [0, 0.1) is 11.5 Å². The van der Waals surface area contributed by atoms with E-state index in [2.05, 4.69) is 4.99 Å². The number of hydrogen-bond acceptors (Lipinski definition) is 3. The predicted molar refractivity (Wildman–Crippen MR) is 33.7 cm³/mol. The summed E-state index contributed by atoms with van der Waals surface area (Å²) in [5.74, 6) is 0. The molecule has 50 valence electrons. The molecule has 0 aromatic rings. The van der Waals surface area contributed by atoms with Crippen molar-refractivity contribution in [1.29, 1.82) is 5.26 Å². The molecule has 0 fully saturated rings. The zero-order chi connectivity index (χ0) is 7.28. The second kappa shape index (κ2) is 3.72. The Labute approximate surface area is 54.4 Å². The average Bonchev–Trinajstić information content (AvgIpc) is 1.82. The first-order chi connectivity index (χ1) is 4.22. The van der Waals surface area contributed by atoms with Gasteiger partial charge in [0.2, 0.25) is 6.19 Å². The summed E-state index contributed by atoms with van der Waals surface area (Å²) < 4.78 is 4.71. The molecular weight excluding hydrogens is 118 g/mol. The van der Waals surface area contributed by atoms with Gasteiger partial charge in [0, 0.05) is 14.1 Å². The highest BCUT2D eigenvalue weighted by molar-refractivity contribution is 5.73. The van der Waals surface area contributed by atoms with E-state index in [0.29, 0.717) is 6.02 Å². The Morgan fingerprint density at radius 2 is 2.22 bits per heavy atom. The van der Waals surface area contributed by atoms with Crippen molar-refractivity contribution in [3.05, 3.63) is 0 Å². The van der Waals surface area contributed by atoms with Gasteiger partial charge in [0.25, 0.3) is 0 Å². The van der Waals surface area contributed by atoms with E-state index in [1.807, 2.05) is 0 Å². The Morgan fingerprint density at radius 3 is 2.33 bits per heavy atom. The normalized spacial score (nSPS) is 10.2. The summed E-state index contributed by atoms with van der Waals surface area (Å²) in [5, 5.41) is 8.07. The molecule has 0 aliphatic heterocycles. The van der Waals surface area contributed by atoms with Crippen LogP contribution in [-0.2, 0) is 4.74 Å². The summed E-state index contributed by atoms with van der Waals surface area (Å²) in [7, 11) is 4.97. The monoisotopic (exact) mass is 127 g/mol. The lowest BCUT2D eigenvalue weighted by atomic mass is 10.9. The molecule has 0 radical (unpaired) electrons. The van der Waals surface area contributed by atoms with Gasteiger partial charge in [-0.3, -0.25) is 0 Å². The molecule has 9 heavy (non-hydrogen) atoms. The highest BCUT2D eigenvalue weighted by atomic mass is 16.5. The zero-order valence-corrected chi connectivity index (χ0v) is 5.75. The maximum atomic E-state index is 8.07. The van der Waals surface area contributed by atoms with Crippen molar-refractivity contribution in [3.63, 3.8) is 0 Å². The van der Waals surface area contributed by atoms with E-state index in [0.717, 1.165) is 0 Å². The molecule has 0 aromatic carbocycles. The third-order valence-electron chi connectivity index (χ3n) is 0.711. The van der Waals surface area contributed by atoms with Gasteiger partial charge in [-0.2, -0.15) is 5.26 Å². The number of ether oxygens (including phenoxy) is 1. The second-order valence-corrected chi connectivity index (χ2v) is 1.59. The molecule has 0 aliphatic rings. The van der Waals surface area contributed by atoms with E-state index in [1.165, 1.54) is 7.11 Å². The lowest BCUT2D eigenvalue weighted by Crippen LogP contribution is -2.23. The molecular formula is C5H9N3O. The smallest absolute Gasteiger partial charge is 0.301 e. The number of amidine groups is 1. The highest BCUT2D eigenvalue weighted by Gasteiger charge is 1.97. The summed E-state index contributed by atoms with van der Waals surface area (Å²) in [4.78, 5) is 4.98. The molecule has 0 amide bonds. The van der Waals surface area contributed by atoms with Crippen molar-refractivity contribution in [2.75, 3.05) is 21.2 Å². The highest BCUT2D eigenvalue weighted by Crippen LogP contribution is 1.82. The summed E-state index contributed by atoms with van der Waals surface area (Å²) in [6, 6.07) is 0.317. The quantitative estimate of drug-likeness (QED) is 0.262. The number of rotatable bonds is 0. The van der Waals surface area contributed by atoms with Crippen molar-refractivity contribution in [3.8, 4) is 6.19 Å². The molecule has 4 heteroatoms. The zero-order valence-electron chi connectivity index (χ0n) is 5.75. The first-order valence-corrected chi connectivity index (χ1v) is 2.40. The Bertz CT molecular complexity index is 145. The number of aliphatic imine (C=N–C) groups is 1. The summed E-state index contributed by atoms with van der Waals surface area (Å²) in [6.07, 6.45) is 1.62. The molecule has 0 aromatic heterocycles. The fourth-order valence-corrected chi connectivity index (χ4v) is 0.371. The van der Waals surface area contributed by atoms with E-state index in [9.17, 15) is 0 Å². The van der Waals surface area contributed by atoms with Crippen LogP contribution in [0.3, 0.4) is 0 Å². The van der Waals surface area contributed by atoms with Gasteiger partial charge in [0.15, 0.2) is 0 Å². The van der Waals surface area contributed by atoms with Crippen LogP contribution in [0.2, 0.25) is 0 Å². The van der Waals surface area contributed by atoms with Crippen molar-refractivity contribution in [1.82, 2.24) is 4.90 Å². The summed E-state index contributed by atoms with van der Waals surface area (Å²) in [5.41, 5.74) is 0. The van der Waals surface area contributed by atoms with Crippen LogP contribution in [0.25, 0.3) is 0 Å². The Balaban J connectivity index is 4.02. The predicted octanol–water partition coefficient (Wildman–Crippen LogP) is 0.0315. The fourth-order valence-electron chi connectivity index (χ4n) is 0.371. The number of nitrogens with zero attached hydrogens (tertiary/aromatic N) is 3. The first kappa shape index (κ1) is 7.76. The van der Waals surface area contributed by atoms with Gasteiger partial charge >= 0.3 is 6.02 Å².